The van der Waals surface area contributed by atoms with Crippen LogP contribution in [-0.2, 0) is 0 Å². The zero-order valence-electron chi connectivity index (χ0n) is 9.51. The molecule has 4 nitrogen and oxygen atoms in total. The van der Waals surface area contributed by atoms with Gasteiger partial charge in [-0.25, -0.2) is 15.0 Å². The molecule has 1 N–H and O–H groups in total. The number of nitrogens with one attached hydrogen (secondary N) is 1. The summed E-state index contributed by atoms with van der Waals surface area (Å²) in [6.07, 6.45) is 7.44. The van der Waals surface area contributed by atoms with E-state index in [4.69, 9.17) is 0 Å². The number of thioether (sulfide) groups is 1. The van der Waals surface area contributed by atoms with E-state index in [2.05, 4.69) is 35.9 Å². The molecule has 0 aromatic carbocycles. The van der Waals surface area contributed by atoms with Gasteiger partial charge in [-0.1, -0.05) is 11.8 Å². The molecule has 0 aliphatic carbocycles. The summed E-state index contributed by atoms with van der Waals surface area (Å²) in [4.78, 5) is 16.2. The summed E-state index contributed by atoms with van der Waals surface area (Å²) in [5, 5.41) is 1.82. The van der Waals surface area contributed by atoms with Gasteiger partial charge in [-0.2, -0.15) is 0 Å². The van der Waals surface area contributed by atoms with Gasteiger partial charge in [0.1, 0.15) is 5.65 Å². The Balaban J connectivity index is 2.21. The van der Waals surface area contributed by atoms with Gasteiger partial charge in [-0.3, -0.25) is 0 Å². The summed E-state index contributed by atoms with van der Waals surface area (Å²) in [5.41, 5.74) is 2.80. The molecule has 0 amide bonds. The highest BCUT2D eigenvalue weighted by atomic mass is 79.9. The van der Waals surface area contributed by atoms with Crippen molar-refractivity contribution in [3.8, 4) is 11.3 Å². The van der Waals surface area contributed by atoms with Gasteiger partial charge in [0.05, 0.1) is 5.69 Å². The molecule has 3 aromatic rings. The third-order valence-electron chi connectivity index (χ3n) is 2.59. The first-order valence-corrected chi connectivity index (χ1v) is 7.30. The van der Waals surface area contributed by atoms with Crippen LogP contribution in [0.15, 0.2) is 40.4 Å². The number of rotatable bonds is 2. The van der Waals surface area contributed by atoms with Gasteiger partial charge in [-0.15, -0.1) is 0 Å². The lowest BCUT2D eigenvalue weighted by Crippen LogP contribution is -1.88. The number of H-pyrrole nitrogens is 1. The topological polar surface area (TPSA) is 54.5 Å². The summed E-state index contributed by atoms with van der Waals surface area (Å²) in [7, 11) is 0. The van der Waals surface area contributed by atoms with Crippen LogP contribution in [0.4, 0.5) is 0 Å². The number of halogens is 1. The van der Waals surface area contributed by atoms with Crippen molar-refractivity contribution in [1.82, 2.24) is 19.9 Å². The minimum absolute atomic E-state index is 0.768. The van der Waals surface area contributed by atoms with E-state index in [9.17, 15) is 0 Å². The van der Waals surface area contributed by atoms with E-state index >= 15 is 0 Å². The summed E-state index contributed by atoms with van der Waals surface area (Å²) in [6.45, 7) is 0. The van der Waals surface area contributed by atoms with Crippen LogP contribution in [0.5, 0.6) is 0 Å². The molecule has 18 heavy (non-hydrogen) atoms. The Hall–Kier alpha value is -1.40. The molecule has 3 rings (SSSR count). The minimum Gasteiger partial charge on any atom is -0.345 e. The van der Waals surface area contributed by atoms with E-state index in [0.29, 0.717) is 0 Å². The van der Waals surface area contributed by atoms with E-state index in [0.717, 1.165) is 31.9 Å². The molecule has 6 heteroatoms. The molecule has 0 spiro atoms. The smallest absolute Gasteiger partial charge is 0.187 e. The van der Waals surface area contributed by atoms with E-state index in [-0.39, 0.29) is 0 Å². The number of hydrogen-bond acceptors (Lipinski definition) is 4. The Labute approximate surface area is 116 Å². The molecule has 0 saturated carbocycles. The number of aromatic nitrogens is 4. The van der Waals surface area contributed by atoms with Gasteiger partial charge >= 0.3 is 0 Å². The lowest BCUT2D eigenvalue weighted by Gasteiger charge is -2.00. The van der Waals surface area contributed by atoms with Crippen molar-refractivity contribution in [2.45, 2.75) is 5.16 Å². The highest BCUT2D eigenvalue weighted by Crippen LogP contribution is 2.28. The van der Waals surface area contributed by atoms with Crippen LogP contribution in [-0.4, -0.2) is 26.2 Å². The van der Waals surface area contributed by atoms with Crippen molar-refractivity contribution < 1.29 is 0 Å². The van der Waals surface area contributed by atoms with Gasteiger partial charge in [0.15, 0.2) is 5.16 Å². The summed E-state index contributed by atoms with van der Waals surface area (Å²) >= 11 is 4.97. The maximum Gasteiger partial charge on any atom is 0.187 e. The summed E-state index contributed by atoms with van der Waals surface area (Å²) < 4.78 is 0.954. The second-order valence-corrected chi connectivity index (χ2v) is 5.37. The lowest BCUT2D eigenvalue weighted by molar-refractivity contribution is 0.977. The van der Waals surface area contributed by atoms with Crippen molar-refractivity contribution in [2.24, 2.45) is 0 Å². The number of fused-ring (bicyclic) bond motifs is 1. The van der Waals surface area contributed by atoms with Gasteiger partial charge in [0, 0.05) is 34.0 Å². The van der Waals surface area contributed by atoms with Crippen molar-refractivity contribution in [1.29, 1.82) is 0 Å². The number of pyridine rings is 1. The fraction of sp³-hybridized carbons (Fsp3) is 0.0833. The first kappa shape index (κ1) is 11.7. The molecule has 0 radical (unpaired) electrons. The van der Waals surface area contributed by atoms with E-state index < -0.39 is 0 Å². The fourth-order valence-electron chi connectivity index (χ4n) is 1.78. The predicted molar refractivity (Wildman–Crippen MR) is 76.6 cm³/mol. The average molecular weight is 321 g/mol. The van der Waals surface area contributed by atoms with Crippen LogP contribution in [0.3, 0.4) is 0 Å². The largest absolute Gasteiger partial charge is 0.345 e. The average Bonchev–Trinajstić information content (AvgIpc) is 2.81. The maximum atomic E-state index is 4.50. The van der Waals surface area contributed by atoms with Crippen LogP contribution in [0.25, 0.3) is 22.3 Å². The maximum absolute atomic E-state index is 4.50. The molecule has 0 aliphatic rings. The third kappa shape index (κ3) is 2.02. The Bertz CT molecular complexity index is 710. The van der Waals surface area contributed by atoms with Gasteiger partial charge in [0.25, 0.3) is 0 Å². The Morgan fingerprint density at radius 2 is 2.22 bits per heavy atom. The molecule has 0 atom stereocenters. The quantitative estimate of drug-likeness (QED) is 0.580. The van der Waals surface area contributed by atoms with Crippen LogP contribution in [0.1, 0.15) is 0 Å². The lowest BCUT2D eigenvalue weighted by atomic mass is 10.1. The van der Waals surface area contributed by atoms with Gasteiger partial charge in [0.2, 0.25) is 0 Å². The van der Waals surface area contributed by atoms with Crippen molar-refractivity contribution in [3.05, 3.63) is 35.2 Å². The molecule has 90 valence electrons. The van der Waals surface area contributed by atoms with Crippen LogP contribution < -0.4 is 0 Å². The van der Waals surface area contributed by atoms with E-state index in [1.165, 1.54) is 11.8 Å². The number of aromatic amines is 1. The van der Waals surface area contributed by atoms with Crippen LogP contribution >= 0.6 is 27.7 Å². The predicted octanol–water partition coefficient (Wildman–Crippen LogP) is 3.50. The molecule has 3 heterocycles. The first-order valence-electron chi connectivity index (χ1n) is 5.28. The Morgan fingerprint density at radius 3 is 3.06 bits per heavy atom. The summed E-state index contributed by atoms with van der Waals surface area (Å²) in [6, 6.07) is 3.94. The SMILES string of the molecule is CSc1nccc(-c2c[nH]c3ncc(Br)cc23)n1. The molecule has 0 bridgehead atoms. The molecule has 0 fully saturated rings. The second kappa shape index (κ2) is 4.70. The minimum atomic E-state index is 0.768. The Kier molecular flexibility index (Phi) is 3.05. The van der Waals surface area contributed by atoms with Crippen molar-refractivity contribution >= 4 is 38.7 Å². The summed E-state index contributed by atoms with van der Waals surface area (Å²) in [5.74, 6) is 0. The van der Waals surface area contributed by atoms with Crippen molar-refractivity contribution in [3.63, 3.8) is 0 Å². The molecular weight excluding hydrogens is 312 g/mol. The van der Waals surface area contributed by atoms with Gasteiger partial charge < -0.3 is 4.98 Å². The van der Waals surface area contributed by atoms with E-state index in [1.54, 1.807) is 12.4 Å². The number of nitrogens with zero attached hydrogens (tertiary/aromatic N) is 3. The Morgan fingerprint density at radius 1 is 1.33 bits per heavy atom. The fourth-order valence-corrected chi connectivity index (χ4v) is 2.47. The second-order valence-electron chi connectivity index (χ2n) is 3.68. The zero-order chi connectivity index (χ0) is 12.5. The standard InChI is InChI=1S/C12H9BrN4S/c1-18-12-14-3-2-10(17-12)9-6-16-11-8(9)4-7(13)5-15-11/h2-6H,1H3,(H,15,16). The third-order valence-corrected chi connectivity index (χ3v) is 3.59. The molecule has 0 saturated heterocycles. The van der Waals surface area contributed by atoms with E-state index in [1.807, 2.05) is 24.6 Å². The van der Waals surface area contributed by atoms with Crippen LogP contribution in [0, 0.1) is 0 Å². The first-order chi connectivity index (χ1) is 8.78. The monoisotopic (exact) mass is 320 g/mol. The van der Waals surface area contributed by atoms with Gasteiger partial charge in [-0.05, 0) is 34.3 Å². The normalized spacial score (nSPS) is 11.0. The number of hydrogen-bond donors (Lipinski definition) is 1. The highest BCUT2D eigenvalue weighted by molar-refractivity contribution is 9.10. The molecule has 0 unspecified atom stereocenters. The van der Waals surface area contributed by atoms with Crippen molar-refractivity contribution in [2.75, 3.05) is 6.26 Å². The molecule has 0 aliphatic heterocycles. The molecule has 3 aromatic heterocycles. The van der Waals surface area contributed by atoms with Crippen LogP contribution in [0.2, 0.25) is 0 Å². The highest BCUT2D eigenvalue weighted by Gasteiger charge is 2.09. The molecular formula is C12H9BrN4S. The zero-order valence-corrected chi connectivity index (χ0v) is 11.9.